The highest BCUT2D eigenvalue weighted by Crippen LogP contribution is 2.33. The zero-order valence-corrected chi connectivity index (χ0v) is 25.0. The monoisotopic (exact) mass is 654 g/mol. The summed E-state index contributed by atoms with van der Waals surface area (Å²) in [5.74, 6) is -1.78. The summed E-state index contributed by atoms with van der Waals surface area (Å²) in [4.78, 5) is 28.5. The molecule has 0 aliphatic carbocycles. The zero-order chi connectivity index (χ0) is 32.9. The fourth-order valence-electron chi connectivity index (χ4n) is 4.38. The number of aromatic nitrogens is 2. The Morgan fingerprint density at radius 2 is 1.82 bits per heavy atom. The van der Waals surface area contributed by atoms with Gasteiger partial charge in [0.05, 0.1) is 47.4 Å². The van der Waals surface area contributed by atoms with E-state index in [0.717, 1.165) is 40.6 Å². The Kier molecular flexibility index (Phi) is 9.84. The van der Waals surface area contributed by atoms with E-state index in [9.17, 15) is 36.4 Å². The van der Waals surface area contributed by atoms with Crippen molar-refractivity contribution in [1.29, 1.82) is 0 Å². The number of carbonyl (C=O) groups is 2. The minimum atomic E-state index is -4.71. The van der Waals surface area contributed by atoms with Crippen LogP contribution in [0.15, 0.2) is 64.8 Å². The number of alkyl halides is 3. The number of hydrogen-bond donors (Lipinski definition) is 1. The number of rotatable bonds is 9. The number of nitrogens with one attached hydrogen (secondary N) is 1. The Morgan fingerprint density at radius 3 is 2.44 bits per heavy atom. The van der Waals surface area contributed by atoms with E-state index in [-0.39, 0.29) is 40.8 Å². The van der Waals surface area contributed by atoms with Crippen molar-refractivity contribution >= 4 is 22.1 Å². The van der Waals surface area contributed by atoms with Crippen molar-refractivity contribution in [2.24, 2.45) is 11.2 Å². The molecule has 14 nitrogen and oxygen atoms in total. The van der Waals surface area contributed by atoms with Gasteiger partial charge in [-0.3, -0.25) is 9.63 Å². The molecule has 1 fully saturated rings. The first-order chi connectivity index (χ1) is 21.2. The van der Waals surface area contributed by atoms with Crippen molar-refractivity contribution in [1.82, 2.24) is 19.5 Å². The molecule has 2 heterocycles. The van der Waals surface area contributed by atoms with Crippen LogP contribution >= 0.6 is 0 Å². The van der Waals surface area contributed by atoms with Gasteiger partial charge in [0, 0.05) is 12.5 Å². The van der Waals surface area contributed by atoms with Gasteiger partial charge in [0.15, 0.2) is 5.69 Å². The molecule has 1 saturated heterocycles. The lowest BCUT2D eigenvalue weighted by molar-refractivity contribution is -0.715. The van der Waals surface area contributed by atoms with E-state index in [4.69, 9.17) is 4.84 Å². The van der Waals surface area contributed by atoms with Gasteiger partial charge in [-0.05, 0) is 50.1 Å². The number of amides is 1. The van der Waals surface area contributed by atoms with Crippen LogP contribution < -0.4 is 4.72 Å². The van der Waals surface area contributed by atoms with E-state index in [0.29, 0.717) is 12.0 Å². The Balaban J connectivity index is 1.46. The molecular formula is C27H29F3N6O8S. The summed E-state index contributed by atoms with van der Waals surface area (Å²) in [6, 6.07) is 12.5. The molecule has 0 bridgehead atoms. The van der Waals surface area contributed by atoms with E-state index in [1.165, 1.54) is 19.1 Å². The van der Waals surface area contributed by atoms with Gasteiger partial charge in [-0.1, -0.05) is 29.8 Å². The molecule has 1 aliphatic heterocycles. The third-order valence-corrected chi connectivity index (χ3v) is 8.04. The molecule has 2 aromatic carbocycles. The zero-order valence-electron chi connectivity index (χ0n) is 24.2. The molecule has 242 valence electrons. The number of halogens is 3. The van der Waals surface area contributed by atoms with Crippen molar-refractivity contribution < 1.29 is 50.5 Å². The maximum atomic E-state index is 13.5. The Labute approximate surface area is 255 Å². The van der Waals surface area contributed by atoms with E-state index < -0.39 is 46.2 Å². The summed E-state index contributed by atoms with van der Waals surface area (Å²) in [6.45, 7) is 3.12. The third kappa shape index (κ3) is 8.20. The first-order valence-electron chi connectivity index (χ1n) is 13.4. The van der Waals surface area contributed by atoms with Crippen LogP contribution in [-0.4, -0.2) is 66.7 Å². The molecule has 1 aliphatic rings. The van der Waals surface area contributed by atoms with Gasteiger partial charge in [0.25, 0.3) is 16.3 Å². The summed E-state index contributed by atoms with van der Waals surface area (Å²) >= 11 is 0. The predicted molar refractivity (Wildman–Crippen MR) is 148 cm³/mol. The van der Waals surface area contributed by atoms with Crippen LogP contribution in [0, 0.1) is 18.0 Å². The van der Waals surface area contributed by atoms with Crippen molar-refractivity contribution in [3.8, 4) is 16.9 Å². The number of piperidine rings is 1. The second-order valence-electron chi connectivity index (χ2n) is 9.99. The van der Waals surface area contributed by atoms with Crippen LogP contribution in [0.2, 0.25) is 0 Å². The maximum Gasteiger partial charge on any atom is 0.511 e. The number of hydrogen-bond acceptors (Lipinski definition) is 10. The molecule has 3 aromatic rings. The normalized spacial score (nSPS) is 16.5. The van der Waals surface area contributed by atoms with E-state index >= 15 is 0 Å². The van der Waals surface area contributed by atoms with Gasteiger partial charge < -0.3 is 14.7 Å². The molecule has 4 rings (SSSR count). The molecule has 1 N–H and O–H groups in total. The van der Waals surface area contributed by atoms with Crippen LogP contribution in [0.4, 0.5) is 18.0 Å². The largest absolute Gasteiger partial charge is 0.569 e. The molecule has 2 atom stereocenters. The van der Waals surface area contributed by atoms with Gasteiger partial charge in [-0.2, -0.15) is 18.3 Å². The molecule has 1 amide bonds. The average Bonchev–Trinajstić information content (AvgIpc) is 3.46. The first-order valence-corrected chi connectivity index (χ1v) is 14.9. The maximum absolute atomic E-state index is 13.5. The summed E-state index contributed by atoms with van der Waals surface area (Å²) in [5.41, 5.74) is 0.549. The van der Waals surface area contributed by atoms with Crippen molar-refractivity contribution in [2.45, 2.75) is 44.1 Å². The van der Waals surface area contributed by atoms with E-state index in [1.807, 2.05) is 11.6 Å². The summed E-state index contributed by atoms with van der Waals surface area (Å²) in [7, 11) is -3.31. The first kappa shape index (κ1) is 33.0. The highest BCUT2D eigenvalue weighted by Gasteiger charge is 2.36. The molecular weight excluding hydrogens is 625 g/mol. The molecule has 1 aromatic heterocycles. The predicted octanol–water partition coefficient (Wildman–Crippen LogP) is 4.32. The van der Waals surface area contributed by atoms with Crippen LogP contribution in [-0.2, 0) is 35.3 Å². The fourth-order valence-corrected chi connectivity index (χ4v) is 5.42. The van der Waals surface area contributed by atoms with Crippen LogP contribution in [0.1, 0.15) is 31.0 Å². The smallest absolute Gasteiger partial charge is 0.511 e. The van der Waals surface area contributed by atoms with Crippen LogP contribution in [0.5, 0.6) is 0 Å². The number of ether oxygens (including phenoxy) is 2. The number of benzene rings is 2. The van der Waals surface area contributed by atoms with Gasteiger partial charge in [0.1, 0.15) is 0 Å². The molecule has 45 heavy (non-hydrogen) atoms. The number of nitrogens with zero attached hydrogens (tertiary/aromatic N) is 5. The lowest BCUT2D eigenvalue weighted by Crippen LogP contribution is -2.46. The van der Waals surface area contributed by atoms with E-state index in [2.05, 4.69) is 19.8 Å². The lowest BCUT2D eigenvalue weighted by atomic mass is 9.99. The molecule has 0 saturated carbocycles. The van der Waals surface area contributed by atoms with Gasteiger partial charge in [-0.15, -0.1) is 5.01 Å². The molecule has 0 spiro atoms. The minimum absolute atomic E-state index is 0.0636. The highest BCUT2D eigenvalue weighted by atomic mass is 32.2. The van der Waals surface area contributed by atoms with Crippen molar-refractivity contribution in [2.75, 3.05) is 20.2 Å². The van der Waals surface area contributed by atoms with Crippen molar-refractivity contribution in [3.05, 3.63) is 71.1 Å². The summed E-state index contributed by atoms with van der Waals surface area (Å²) in [6.07, 6.45) is -6.39. The summed E-state index contributed by atoms with van der Waals surface area (Å²) in [5, 5.41) is 20.4. The lowest BCUT2D eigenvalue weighted by Gasteiger charge is -2.28. The Hall–Kier alpha value is -4.87. The standard InChI is InChI=1S/C27H29F3N6O8S/c1-17-6-8-19(9-7-17)23-15-24(27(28,29)30)31-35(23)21-10-12-22(13-11-21)45(40,41)32-25(37)20-5-4-14-34(16-20)36(39)33-44-18(2)43-26(38)42-3/h6-13,15,18,20H,4-5,14,16H2,1-3H3,(H,32,37). The molecule has 18 heteroatoms. The van der Waals surface area contributed by atoms with Gasteiger partial charge >= 0.3 is 12.3 Å². The van der Waals surface area contributed by atoms with Gasteiger partial charge in [0.2, 0.25) is 11.2 Å². The number of methoxy groups -OCH3 is 1. The second-order valence-corrected chi connectivity index (χ2v) is 11.7. The topological polar surface area (TPSA) is 167 Å². The third-order valence-electron chi connectivity index (χ3n) is 6.68. The highest BCUT2D eigenvalue weighted by molar-refractivity contribution is 7.90. The average molecular weight is 655 g/mol. The number of hydrazine groups is 1. The minimum Gasteiger partial charge on any atom is -0.569 e. The SMILES string of the molecule is COC(=O)OC(C)ON=[N+]([O-])N1CCCC(C(=O)NS(=O)(=O)c2ccc(-n3nc(C(F)(F)F)cc3-c3ccc(C)cc3)cc2)C1. The Bertz CT molecular complexity index is 1660. The van der Waals surface area contributed by atoms with Crippen molar-refractivity contribution in [3.63, 3.8) is 0 Å². The molecule has 0 radical (unpaired) electrons. The summed E-state index contributed by atoms with van der Waals surface area (Å²) < 4.78 is 78.5. The number of sulfonamides is 1. The quantitative estimate of drug-likeness (QED) is 0.115. The van der Waals surface area contributed by atoms with Gasteiger partial charge in [-0.25, -0.2) is 22.6 Å². The fraction of sp³-hybridized carbons (Fsp3) is 0.370. The molecule has 2 unspecified atom stereocenters. The number of aryl methyl sites for hydroxylation is 1. The number of carbonyl (C=O) groups excluding carboxylic acids is 2. The van der Waals surface area contributed by atoms with Crippen LogP contribution in [0.3, 0.4) is 0 Å². The second kappa shape index (κ2) is 13.4. The van der Waals surface area contributed by atoms with Crippen LogP contribution in [0.25, 0.3) is 16.9 Å². The van der Waals surface area contributed by atoms with E-state index in [1.54, 1.807) is 24.3 Å². The Morgan fingerprint density at radius 1 is 1.16 bits per heavy atom.